The van der Waals surface area contributed by atoms with Crippen LogP contribution in [0.5, 0.6) is 0 Å². The lowest BCUT2D eigenvalue weighted by atomic mass is 10.5. The van der Waals surface area contributed by atoms with Gasteiger partial charge in [0, 0.05) is 15.6 Å². The summed E-state index contributed by atoms with van der Waals surface area (Å²) in [6.45, 7) is 0. The molecule has 2 nitrogen and oxygen atoms in total. The molecule has 1 N–H and O–H groups in total. The molecule has 1 aromatic rings. The number of thiophene rings is 1. The average molecular weight is 267 g/mol. The van der Waals surface area contributed by atoms with Crippen molar-refractivity contribution < 1.29 is 9.90 Å². The number of carbonyl (C=O) groups is 1. The van der Waals surface area contributed by atoms with Gasteiger partial charge in [0.2, 0.25) is 0 Å². The maximum Gasteiger partial charge on any atom is 0.304 e. The maximum atomic E-state index is 10.2. The highest BCUT2D eigenvalue weighted by Crippen LogP contribution is 2.29. The van der Waals surface area contributed by atoms with Gasteiger partial charge in [-0.1, -0.05) is 0 Å². The molecular formula is C7H7BrO2S2. The first-order chi connectivity index (χ1) is 5.68. The number of aliphatic carboxylic acids is 1. The summed E-state index contributed by atoms with van der Waals surface area (Å²) in [7, 11) is 0. The Balaban J connectivity index is 2.29. The molecular weight excluding hydrogens is 260 g/mol. The molecule has 66 valence electrons. The molecule has 0 fully saturated rings. The zero-order valence-electron chi connectivity index (χ0n) is 6.12. The van der Waals surface area contributed by atoms with Gasteiger partial charge in [-0.3, -0.25) is 4.79 Å². The first-order valence-corrected chi connectivity index (χ1v) is 5.93. The third-order valence-corrected chi connectivity index (χ3v) is 4.04. The smallest absolute Gasteiger partial charge is 0.304 e. The summed E-state index contributed by atoms with van der Waals surface area (Å²) in [6.07, 6.45) is 0.222. The Kier molecular flexibility index (Phi) is 4.11. The lowest BCUT2D eigenvalue weighted by Crippen LogP contribution is -1.95. The minimum Gasteiger partial charge on any atom is -0.481 e. The van der Waals surface area contributed by atoms with Gasteiger partial charge >= 0.3 is 5.97 Å². The number of halogens is 1. The van der Waals surface area contributed by atoms with E-state index in [1.54, 1.807) is 23.1 Å². The van der Waals surface area contributed by atoms with Gasteiger partial charge in [-0.2, -0.15) is 0 Å². The van der Waals surface area contributed by atoms with E-state index < -0.39 is 5.97 Å². The molecule has 0 radical (unpaired) electrons. The van der Waals surface area contributed by atoms with Gasteiger partial charge < -0.3 is 5.11 Å². The summed E-state index contributed by atoms with van der Waals surface area (Å²) >= 11 is 6.54. The zero-order valence-corrected chi connectivity index (χ0v) is 9.34. The van der Waals surface area contributed by atoms with Gasteiger partial charge in [-0.05, 0) is 22.0 Å². The van der Waals surface area contributed by atoms with Crippen LogP contribution in [0.1, 0.15) is 6.42 Å². The van der Waals surface area contributed by atoms with E-state index in [9.17, 15) is 4.79 Å². The topological polar surface area (TPSA) is 37.3 Å². The van der Waals surface area contributed by atoms with Crippen LogP contribution in [-0.2, 0) is 4.79 Å². The Morgan fingerprint density at radius 1 is 1.75 bits per heavy atom. The van der Waals surface area contributed by atoms with Crippen molar-refractivity contribution in [2.24, 2.45) is 0 Å². The summed E-state index contributed by atoms with van der Waals surface area (Å²) in [4.78, 5) is 10.2. The number of rotatable bonds is 4. The molecule has 5 heteroatoms. The molecule has 0 aromatic carbocycles. The van der Waals surface area contributed by atoms with Gasteiger partial charge in [0.05, 0.1) is 10.6 Å². The fraction of sp³-hybridized carbons (Fsp3) is 0.286. The van der Waals surface area contributed by atoms with Crippen molar-refractivity contribution in [1.82, 2.24) is 0 Å². The van der Waals surface area contributed by atoms with Crippen LogP contribution < -0.4 is 0 Å². The molecule has 0 unspecified atom stereocenters. The number of hydrogen-bond donors (Lipinski definition) is 1. The Morgan fingerprint density at radius 3 is 3.00 bits per heavy atom. The van der Waals surface area contributed by atoms with E-state index in [2.05, 4.69) is 15.9 Å². The monoisotopic (exact) mass is 266 g/mol. The number of thioether (sulfide) groups is 1. The van der Waals surface area contributed by atoms with Crippen molar-refractivity contribution in [2.75, 3.05) is 5.75 Å². The predicted octanol–water partition coefficient (Wildman–Crippen LogP) is 3.08. The zero-order chi connectivity index (χ0) is 8.97. The van der Waals surface area contributed by atoms with E-state index >= 15 is 0 Å². The Labute approximate surface area is 87.1 Å². The van der Waals surface area contributed by atoms with Crippen molar-refractivity contribution in [2.45, 2.75) is 10.6 Å². The van der Waals surface area contributed by atoms with Crippen molar-refractivity contribution in [3.8, 4) is 0 Å². The molecule has 12 heavy (non-hydrogen) atoms. The summed E-state index contributed by atoms with van der Waals surface area (Å²) in [5, 5.41) is 10.4. The quantitative estimate of drug-likeness (QED) is 0.852. The van der Waals surface area contributed by atoms with Crippen LogP contribution in [0, 0.1) is 0 Å². The summed E-state index contributed by atoms with van der Waals surface area (Å²) in [6, 6.07) is 2.00. The van der Waals surface area contributed by atoms with Crippen LogP contribution in [0.3, 0.4) is 0 Å². The van der Waals surface area contributed by atoms with Crippen molar-refractivity contribution in [1.29, 1.82) is 0 Å². The van der Waals surface area contributed by atoms with Crippen LogP contribution in [0.25, 0.3) is 0 Å². The third kappa shape index (κ3) is 3.60. The molecule has 1 heterocycles. The van der Waals surface area contributed by atoms with Crippen LogP contribution in [0.4, 0.5) is 0 Å². The molecule has 1 rings (SSSR count). The molecule has 0 saturated heterocycles. The Morgan fingerprint density at radius 2 is 2.50 bits per heavy atom. The number of hydrogen-bond acceptors (Lipinski definition) is 3. The van der Waals surface area contributed by atoms with Gasteiger partial charge in [-0.15, -0.1) is 23.1 Å². The molecule has 0 amide bonds. The first kappa shape index (κ1) is 10.1. The minimum atomic E-state index is -0.738. The van der Waals surface area contributed by atoms with E-state index in [0.29, 0.717) is 5.75 Å². The molecule has 0 aliphatic rings. The molecule has 0 aliphatic carbocycles. The predicted molar refractivity (Wildman–Crippen MR) is 55.0 cm³/mol. The van der Waals surface area contributed by atoms with E-state index in [1.165, 1.54) is 0 Å². The molecule has 0 bridgehead atoms. The van der Waals surface area contributed by atoms with E-state index in [4.69, 9.17) is 5.11 Å². The molecule has 0 aliphatic heterocycles. The van der Waals surface area contributed by atoms with E-state index in [-0.39, 0.29) is 6.42 Å². The average Bonchev–Trinajstić information content (AvgIpc) is 2.35. The Hall–Kier alpha value is -0.0000000000000000833. The summed E-state index contributed by atoms with van der Waals surface area (Å²) in [5.74, 6) is -0.0967. The SMILES string of the molecule is O=C(O)CCSc1cc(Br)cs1. The summed E-state index contributed by atoms with van der Waals surface area (Å²) in [5.41, 5.74) is 0. The third-order valence-electron chi connectivity index (χ3n) is 1.10. The maximum absolute atomic E-state index is 10.2. The second kappa shape index (κ2) is 4.89. The molecule has 0 saturated carbocycles. The number of carboxylic acids is 1. The van der Waals surface area contributed by atoms with Crippen LogP contribution >= 0.6 is 39.0 Å². The van der Waals surface area contributed by atoms with Crippen LogP contribution in [0.2, 0.25) is 0 Å². The Bertz CT molecular complexity index is 272. The molecule has 0 spiro atoms. The standard InChI is InChI=1S/C7H7BrO2S2/c8-5-3-7(12-4-5)11-2-1-6(9)10/h3-4H,1-2H2,(H,9,10). The van der Waals surface area contributed by atoms with E-state index in [0.717, 1.165) is 8.68 Å². The highest BCUT2D eigenvalue weighted by molar-refractivity contribution is 9.10. The van der Waals surface area contributed by atoms with Gasteiger partial charge in [-0.25, -0.2) is 0 Å². The first-order valence-electron chi connectivity index (χ1n) is 3.27. The fourth-order valence-electron chi connectivity index (χ4n) is 0.610. The van der Waals surface area contributed by atoms with Crippen molar-refractivity contribution in [3.63, 3.8) is 0 Å². The lowest BCUT2D eigenvalue weighted by Gasteiger charge is -1.92. The van der Waals surface area contributed by atoms with Crippen LogP contribution in [-0.4, -0.2) is 16.8 Å². The number of carboxylic acid groups (broad SMARTS) is 1. The second-order valence-electron chi connectivity index (χ2n) is 2.08. The van der Waals surface area contributed by atoms with Gasteiger partial charge in [0.25, 0.3) is 0 Å². The van der Waals surface area contributed by atoms with Gasteiger partial charge in [0.1, 0.15) is 0 Å². The van der Waals surface area contributed by atoms with Crippen molar-refractivity contribution >= 4 is 45.0 Å². The highest BCUT2D eigenvalue weighted by atomic mass is 79.9. The highest BCUT2D eigenvalue weighted by Gasteiger charge is 2.00. The normalized spacial score (nSPS) is 10.1. The van der Waals surface area contributed by atoms with Crippen molar-refractivity contribution in [3.05, 3.63) is 15.9 Å². The van der Waals surface area contributed by atoms with Gasteiger partial charge in [0.15, 0.2) is 0 Å². The van der Waals surface area contributed by atoms with E-state index in [1.807, 2.05) is 11.4 Å². The molecule has 0 atom stereocenters. The summed E-state index contributed by atoms with van der Waals surface area (Å²) < 4.78 is 2.22. The van der Waals surface area contributed by atoms with Crippen LogP contribution in [0.15, 0.2) is 20.1 Å². The fourth-order valence-corrected chi connectivity index (χ4v) is 3.27. The largest absolute Gasteiger partial charge is 0.481 e. The minimum absolute atomic E-state index is 0.222. The second-order valence-corrected chi connectivity index (χ2v) is 5.30. The lowest BCUT2D eigenvalue weighted by molar-refractivity contribution is -0.136. The molecule has 1 aromatic heterocycles.